The minimum Gasteiger partial charge on any atom is -0.465 e. The van der Waals surface area contributed by atoms with Crippen LogP contribution in [0.1, 0.15) is 108 Å². The van der Waals surface area contributed by atoms with E-state index in [0.717, 1.165) is 22.3 Å². The average Bonchev–Trinajstić information content (AvgIpc) is 3.22. The highest BCUT2D eigenvalue weighted by atomic mass is 16.5. The number of hydrogen-bond acceptors (Lipinski definition) is 8. The molecule has 0 aliphatic rings. The summed E-state index contributed by atoms with van der Waals surface area (Å²) >= 11 is 0. The van der Waals surface area contributed by atoms with Crippen LogP contribution in [-0.2, 0) is 15.6 Å². The fourth-order valence-corrected chi connectivity index (χ4v) is 6.59. The summed E-state index contributed by atoms with van der Waals surface area (Å²) in [5, 5.41) is 0. The quantitative estimate of drug-likeness (QED) is 0.0946. The highest BCUT2D eigenvalue weighted by Crippen LogP contribution is 2.36. The lowest BCUT2D eigenvalue weighted by Gasteiger charge is -2.27. The van der Waals surface area contributed by atoms with E-state index < -0.39 is 29.3 Å². The molecule has 8 nitrogen and oxygen atoms in total. The van der Waals surface area contributed by atoms with Gasteiger partial charge >= 0.3 is 23.9 Å². The van der Waals surface area contributed by atoms with E-state index in [4.69, 9.17) is 18.9 Å². The summed E-state index contributed by atoms with van der Waals surface area (Å²) in [6, 6.07) is 39.1. The summed E-state index contributed by atoms with van der Waals surface area (Å²) in [6.07, 6.45) is 0. The second-order valence-corrected chi connectivity index (χ2v) is 15.4. The first-order chi connectivity index (χ1) is 27.6. The number of aryl methyl sites for hydroxylation is 3. The summed E-state index contributed by atoms with van der Waals surface area (Å²) in [4.78, 5) is 50.5. The van der Waals surface area contributed by atoms with E-state index in [1.54, 1.807) is 48.5 Å². The standard InChI is InChI=1S/C50H46O8/c1-31-9-18-40(29-32(31)2)50(6,7)41-23-28-44(33(3)30-41)58-48(54)37-16-14-36(15-17-37)47(53)57-43-26-21-39(22-27-43)49(4,5)38-19-24-42(25-20-38)56-46(52)35-12-10-34(11-13-35)45(51)55-8/h9-30H,1-8H3. The van der Waals surface area contributed by atoms with Gasteiger partial charge in [0.1, 0.15) is 17.2 Å². The summed E-state index contributed by atoms with van der Waals surface area (Å²) in [5.74, 6) is -0.902. The van der Waals surface area contributed by atoms with Gasteiger partial charge in [0.2, 0.25) is 0 Å². The molecule has 0 aliphatic heterocycles. The van der Waals surface area contributed by atoms with Crippen molar-refractivity contribution < 1.29 is 38.1 Å². The summed E-state index contributed by atoms with van der Waals surface area (Å²) in [5.41, 5.74) is 8.18. The van der Waals surface area contributed by atoms with Crippen molar-refractivity contribution in [2.45, 2.75) is 59.3 Å². The molecule has 0 saturated carbocycles. The molecule has 0 N–H and O–H groups in total. The molecule has 294 valence electrons. The van der Waals surface area contributed by atoms with E-state index in [1.807, 2.05) is 43.3 Å². The second kappa shape index (κ2) is 16.7. The van der Waals surface area contributed by atoms with Crippen molar-refractivity contribution in [1.82, 2.24) is 0 Å². The number of carbonyl (C=O) groups excluding carboxylic acids is 4. The number of ether oxygens (including phenoxy) is 4. The topological polar surface area (TPSA) is 105 Å². The number of hydrogen-bond donors (Lipinski definition) is 0. The average molecular weight is 775 g/mol. The number of methoxy groups -OCH3 is 1. The van der Waals surface area contributed by atoms with E-state index in [9.17, 15) is 19.2 Å². The molecule has 6 aromatic rings. The Morgan fingerprint density at radius 1 is 0.379 bits per heavy atom. The SMILES string of the molecule is COC(=O)c1ccc(C(=O)Oc2ccc(C(C)(C)c3ccc(OC(=O)c4ccc(C(=O)Oc5ccc(C(C)(C)c6ccc(C)c(C)c6)cc5C)cc4)cc3)cc2)cc1. The van der Waals surface area contributed by atoms with E-state index >= 15 is 0 Å². The molecule has 0 spiro atoms. The molecule has 0 unspecified atom stereocenters. The number of benzene rings is 6. The van der Waals surface area contributed by atoms with Gasteiger partial charge in [-0.05, 0) is 139 Å². The molecule has 0 aromatic heterocycles. The van der Waals surface area contributed by atoms with Crippen LogP contribution in [0, 0.1) is 20.8 Å². The maximum atomic E-state index is 13.1. The summed E-state index contributed by atoms with van der Waals surface area (Å²) in [6.45, 7) is 14.6. The van der Waals surface area contributed by atoms with Crippen LogP contribution in [0.5, 0.6) is 17.2 Å². The van der Waals surface area contributed by atoms with Gasteiger partial charge in [-0.2, -0.15) is 0 Å². The van der Waals surface area contributed by atoms with Gasteiger partial charge in [-0.3, -0.25) is 0 Å². The van der Waals surface area contributed by atoms with Gasteiger partial charge in [-0.1, -0.05) is 82.3 Å². The number of carbonyl (C=O) groups is 4. The number of rotatable bonds is 11. The normalized spacial score (nSPS) is 11.4. The highest BCUT2D eigenvalue weighted by Gasteiger charge is 2.26. The van der Waals surface area contributed by atoms with Gasteiger partial charge in [0.15, 0.2) is 0 Å². The van der Waals surface area contributed by atoms with Gasteiger partial charge in [0, 0.05) is 10.8 Å². The Bertz CT molecular complexity index is 2470. The molecule has 0 saturated heterocycles. The molecule has 8 heteroatoms. The van der Waals surface area contributed by atoms with Crippen molar-refractivity contribution in [1.29, 1.82) is 0 Å². The first-order valence-electron chi connectivity index (χ1n) is 18.9. The monoisotopic (exact) mass is 774 g/mol. The molecule has 6 rings (SSSR count). The van der Waals surface area contributed by atoms with Crippen molar-refractivity contribution in [2.24, 2.45) is 0 Å². The molecular weight excluding hydrogens is 729 g/mol. The zero-order valence-electron chi connectivity index (χ0n) is 34.0. The molecule has 6 aromatic carbocycles. The predicted octanol–water partition coefficient (Wildman–Crippen LogP) is 10.7. The first kappa shape index (κ1) is 40.9. The molecule has 0 radical (unpaired) electrons. The zero-order chi connectivity index (χ0) is 41.8. The first-order valence-corrected chi connectivity index (χ1v) is 18.9. The number of esters is 4. The van der Waals surface area contributed by atoms with Crippen LogP contribution < -0.4 is 14.2 Å². The van der Waals surface area contributed by atoms with Gasteiger partial charge in [0.05, 0.1) is 29.4 Å². The van der Waals surface area contributed by atoms with E-state index in [1.165, 1.54) is 48.1 Å². The third-order valence-electron chi connectivity index (χ3n) is 10.8. The van der Waals surface area contributed by atoms with E-state index in [0.29, 0.717) is 33.9 Å². The van der Waals surface area contributed by atoms with Gasteiger partial charge < -0.3 is 18.9 Å². The predicted molar refractivity (Wildman–Crippen MR) is 223 cm³/mol. The lowest BCUT2D eigenvalue weighted by atomic mass is 9.77. The zero-order valence-corrected chi connectivity index (χ0v) is 34.0. The Kier molecular flexibility index (Phi) is 11.8. The minimum absolute atomic E-state index is 0.240. The Morgan fingerprint density at radius 3 is 1.12 bits per heavy atom. The molecule has 0 heterocycles. The maximum absolute atomic E-state index is 13.1. The van der Waals surface area contributed by atoms with Crippen LogP contribution in [0.4, 0.5) is 0 Å². The van der Waals surface area contributed by atoms with E-state index in [2.05, 4.69) is 65.8 Å². The Hall–Kier alpha value is -6.80. The molecule has 58 heavy (non-hydrogen) atoms. The van der Waals surface area contributed by atoms with Crippen LogP contribution in [0.15, 0.2) is 133 Å². The van der Waals surface area contributed by atoms with Crippen molar-refractivity contribution in [3.8, 4) is 17.2 Å². The largest absolute Gasteiger partial charge is 0.465 e. The van der Waals surface area contributed by atoms with Crippen molar-refractivity contribution in [2.75, 3.05) is 7.11 Å². The van der Waals surface area contributed by atoms with Crippen molar-refractivity contribution in [3.05, 3.63) is 195 Å². The highest BCUT2D eigenvalue weighted by molar-refractivity contribution is 5.95. The molecule has 0 atom stereocenters. The molecule has 0 fully saturated rings. The van der Waals surface area contributed by atoms with Gasteiger partial charge in [0.25, 0.3) is 0 Å². The lowest BCUT2D eigenvalue weighted by molar-refractivity contribution is 0.0598. The Morgan fingerprint density at radius 2 is 0.724 bits per heavy atom. The second-order valence-electron chi connectivity index (χ2n) is 15.4. The van der Waals surface area contributed by atoms with Crippen molar-refractivity contribution >= 4 is 23.9 Å². The van der Waals surface area contributed by atoms with Gasteiger partial charge in [-0.15, -0.1) is 0 Å². The van der Waals surface area contributed by atoms with Crippen LogP contribution in [0.3, 0.4) is 0 Å². The van der Waals surface area contributed by atoms with Gasteiger partial charge in [-0.25, -0.2) is 19.2 Å². The Balaban J connectivity index is 1.04. The molecular formula is C50H46O8. The summed E-state index contributed by atoms with van der Waals surface area (Å²) in [7, 11) is 1.29. The van der Waals surface area contributed by atoms with E-state index in [-0.39, 0.29) is 11.0 Å². The van der Waals surface area contributed by atoms with Crippen LogP contribution in [0.2, 0.25) is 0 Å². The third kappa shape index (κ3) is 8.92. The Labute approximate surface area is 339 Å². The lowest BCUT2D eigenvalue weighted by Crippen LogP contribution is -2.19. The molecule has 0 amide bonds. The maximum Gasteiger partial charge on any atom is 0.343 e. The van der Waals surface area contributed by atoms with Crippen LogP contribution >= 0.6 is 0 Å². The molecule has 0 bridgehead atoms. The minimum atomic E-state index is -0.561. The fourth-order valence-electron chi connectivity index (χ4n) is 6.59. The van der Waals surface area contributed by atoms with Crippen LogP contribution in [-0.4, -0.2) is 31.0 Å². The smallest absolute Gasteiger partial charge is 0.343 e. The third-order valence-corrected chi connectivity index (χ3v) is 10.8. The summed E-state index contributed by atoms with van der Waals surface area (Å²) < 4.78 is 21.7. The van der Waals surface area contributed by atoms with Crippen molar-refractivity contribution in [3.63, 3.8) is 0 Å². The van der Waals surface area contributed by atoms with Crippen LogP contribution in [0.25, 0.3) is 0 Å². The molecule has 0 aliphatic carbocycles. The fraction of sp³-hybridized carbons (Fsp3) is 0.200.